The lowest BCUT2D eigenvalue weighted by Crippen LogP contribution is -1.71. The summed E-state index contributed by atoms with van der Waals surface area (Å²) in [5.74, 6) is 0. The number of halogens is 1. The molecule has 0 saturated carbocycles. The Morgan fingerprint density at radius 2 is 2.20 bits per heavy atom. The molecule has 54 valence electrons. The summed E-state index contributed by atoms with van der Waals surface area (Å²) in [5, 5.41) is 0.914. The fourth-order valence-electron chi connectivity index (χ4n) is 1.16. The molecule has 0 nitrogen and oxygen atoms in total. The molecule has 0 aromatic heterocycles. The van der Waals surface area contributed by atoms with E-state index in [0.717, 1.165) is 17.9 Å². The maximum atomic E-state index is 5.98. The first-order valence-corrected chi connectivity index (χ1v) is 3.84. The number of hydrogen-bond donors (Lipinski definition) is 0. The molecule has 0 saturated heterocycles. The van der Waals surface area contributed by atoms with Crippen molar-refractivity contribution in [2.75, 3.05) is 0 Å². The van der Waals surface area contributed by atoms with Crippen LogP contribution in [0.25, 0.3) is 0 Å². The van der Waals surface area contributed by atoms with Crippen molar-refractivity contribution in [2.45, 2.75) is 19.8 Å². The van der Waals surface area contributed by atoms with Crippen molar-refractivity contribution >= 4 is 11.6 Å². The van der Waals surface area contributed by atoms with Crippen molar-refractivity contribution in [1.82, 2.24) is 0 Å². The lowest BCUT2D eigenvalue weighted by molar-refractivity contribution is 1.03. The first-order chi connectivity index (χ1) is 4.79. The molecule has 1 aliphatic carbocycles. The van der Waals surface area contributed by atoms with Crippen LogP contribution in [0.15, 0.2) is 34.9 Å². The predicted molar refractivity (Wildman–Crippen MR) is 46.1 cm³/mol. The second-order valence-corrected chi connectivity index (χ2v) is 2.74. The van der Waals surface area contributed by atoms with E-state index in [9.17, 15) is 0 Å². The highest BCUT2D eigenvalue weighted by molar-refractivity contribution is 6.32. The molecule has 0 aliphatic heterocycles. The summed E-state index contributed by atoms with van der Waals surface area (Å²) in [6.07, 6.45) is 6.05. The van der Waals surface area contributed by atoms with Crippen LogP contribution in [-0.4, -0.2) is 0 Å². The Balaban J connectivity index is 2.94. The quantitative estimate of drug-likeness (QED) is 0.543. The summed E-state index contributed by atoms with van der Waals surface area (Å²) in [5.41, 5.74) is 2.45. The Kier molecular flexibility index (Phi) is 2.34. The van der Waals surface area contributed by atoms with Crippen LogP contribution >= 0.6 is 11.6 Å². The first-order valence-electron chi connectivity index (χ1n) is 3.46. The van der Waals surface area contributed by atoms with Crippen molar-refractivity contribution in [3.05, 3.63) is 34.9 Å². The molecule has 10 heavy (non-hydrogen) atoms. The van der Waals surface area contributed by atoms with E-state index in [1.54, 1.807) is 0 Å². The lowest BCUT2D eigenvalue weighted by Gasteiger charge is -1.92. The Morgan fingerprint density at radius 1 is 1.50 bits per heavy atom. The highest BCUT2D eigenvalue weighted by Gasteiger charge is 2.13. The van der Waals surface area contributed by atoms with Crippen LogP contribution in [-0.2, 0) is 0 Å². The summed E-state index contributed by atoms with van der Waals surface area (Å²) in [6, 6.07) is 0. The van der Waals surface area contributed by atoms with Crippen molar-refractivity contribution in [3.8, 4) is 0 Å². The Bertz CT molecular complexity index is 209. The molecule has 0 spiro atoms. The van der Waals surface area contributed by atoms with E-state index in [1.807, 2.05) is 13.0 Å². The van der Waals surface area contributed by atoms with E-state index in [-0.39, 0.29) is 0 Å². The third-order valence-electron chi connectivity index (χ3n) is 1.82. The molecule has 0 unspecified atom stereocenters. The van der Waals surface area contributed by atoms with Gasteiger partial charge in [0, 0.05) is 5.03 Å². The van der Waals surface area contributed by atoms with Crippen molar-refractivity contribution < 1.29 is 0 Å². The third kappa shape index (κ3) is 1.17. The molecule has 0 N–H and O–H groups in total. The van der Waals surface area contributed by atoms with E-state index >= 15 is 0 Å². The van der Waals surface area contributed by atoms with Crippen LogP contribution in [0.4, 0.5) is 0 Å². The van der Waals surface area contributed by atoms with Crippen LogP contribution in [0, 0.1) is 0 Å². The molecule has 1 heteroatoms. The highest BCUT2D eigenvalue weighted by atomic mass is 35.5. The third-order valence-corrected chi connectivity index (χ3v) is 2.31. The SMILES string of the molecule is C=CC1=C(Cl)/C(=C/C)CC1. The van der Waals surface area contributed by atoms with Gasteiger partial charge in [0.25, 0.3) is 0 Å². The number of rotatable bonds is 1. The summed E-state index contributed by atoms with van der Waals surface area (Å²) >= 11 is 5.98. The van der Waals surface area contributed by atoms with E-state index < -0.39 is 0 Å². The van der Waals surface area contributed by atoms with Gasteiger partial charge in [-0.2, -0.15) is 0 Å². The summed E-state index contributed by atoms with van der Waals surface area (Å²) in [7, 11) is 0. The second kappa shape index (κ2) is 3.07. The van der Waals surface area contributed by atoms with Gasteiger partial charge in [0.15, 0.2) is 0 Å². The van der Waals surface area contributed by atoms with Crippen molar-refractivity contribution in [3.63, 3.8) is 0 Å². The van der Waals surface area contributed by atoms with E-state index in [0.29, 0.717) is 0 Å². The van der Waals surface area contributed by atoms with E-state index in [2.05, 4.69) is 12.7 Å². The van der Waals surface area contributed by atoms with Gasteiger partial charge in [-0.05, 0) is 30.9 Å². The highest BCUT2D eigenvalue weighted by Crippen LogP contribution is 2.34. The fourth-order valence-corrected chi connectivity index (χ4v) is 1.53. The fraction of sp³-hybridized carbons (Fsp3) is 0.333. The van der Waals surface area contributed by atoms with Crippen molar-refractivity contribution in [2.24, 2.45) is 0 Å². The number of allylic oxidation sites excluding steroid dienone is 5. The maximum absolute atomic E-state index is 5.98. The Hall–Kier alpha value is -0.490. The Labute approximate surface area is 66.9 Å². The predicted octanol–water partition coefficient (Wildman–Crippen LogP) is 3.41. The molecule has 0 fully saturated rings. The molecular weight excluding hydrogens is 144 g/mol. The van der Waals surface area contributed by atoms with Gasteiger partial charge < -0.3 is 0 Å². The van der Waals surface area contributed by atoms with Gasteiger partial charge in [-0.25, -0.2) is 0 Å². The molecular formula is C9H11Cl. The molecule has 0 aromatic rings. The standard InChI is InChI=1S/C9H11Cl/c1-3-7-5-6-8(4-2)9(7)10/h3-4H,1,5-6H2,2H3/b8-4+. The first kappa shape index (κ1) is 7.62. The zero-order chi connectivity index (χ0) is 7.56. The molecule has 1 rings (SSSR count). The molecule has 0 bridgehead atoms. The largest absolute Gasteiger partial charge is 0.0987 e. The zero-order valence-corrected chi connectivity index (χ0v) is 6.91. The molecule has 1 aliphatic rings. The van der Waals surface area contributed by atoms with Crippen LogP contribution in [0.5, 0.6) is 0 Å². The normalized spacial score (nSPS) is 22.4. The van der Waals surface area contributed by atoms with Crippen LogP contribution in [0.1, 0.15) is 19.8 Å². The van der Waals surface area contributed by atoms with Gasteiger partial charge in [0.2, 0.25) is 0 Å². The van der Waals surface area contributed by atoms with E-state index in [4.69, 9.17) is 11.6 Å². The summed E-state index contributed by atoms with van der Waals surface area (Å²) in [6.45, 7) is 5.71. The molecule has 0 heterocycles. The minimum absolute atomic E-state index is 0.914. The van der Waals surface area contributed by atoms with Crippen LogP contribution in [0.3, 0.4) is 0 Å². The zero-order valence-electron chi connectivity index (χ0n) is 6.15. The van der Waals surface area contributed by atoms with Gasteiger partial charge >= 0.3 is 0 Å². The molecule has 0 aromatic carbocycles. The van der Waals surface area contributed by atoms with Crippen molar-refractivity contribution in [1.29, 1.82) is 0 Å². The average molecular weight is 155 g/mol. The van der Waals surface area contributed by atoms with Crippen LogP contribution in [0.2, 0.25) is 0 Å². The minimum atomic E-state index is 0.914. The Morgan fingerprint density at radius 3 is 2.50 bits per heavy atom. The van der Waals surface area contributed by atoms with Gasteiger partial charge in [-0.3, -0.25) is 0 Å². The summed E-state index contributed by atoms with van der Waals surface area (Å²) in [4.78, 5) is 0. The molecule has 0 radical (unpaired) electrons. The van der Waals surface area contributed by atoms with Gasteiger partial charge in [0.1, 0.15) is 0 Å². The lowest BCUT2D eigenvalue weighted by atomic mass is 10.2. The van der Waals surface area contributed by atoms with Gasteiger partial charge in [-0.1, -0.05) is 30.3 Å². The number of hydrogen-bond acceptors (Lipinski definition) is 0. The average Bonchev–Trinajstić information content (AvgIpc) is 2.30. The molecule has 0 amide bonds. The van der Waals surface area contributed by atoms with Crippen LogP contribution < -0.4 is 0 Å². The maximum Gasteiger partial charge on any atom is 0.0466 e. The van der Waals surface area contributed by atoms with E-state index in [1.165, 1.54) is 11.1 Å². The molecule has 0 atom stereocenters. The monoisotopic (exact) mass is 154 g/mol. The topological polar surface area (TPSA) is 0 Å². The smallest absolute Gasteiger partial charge is 0.0466 e. The van der Waals surface area contributed by atoms with Gasteiger partial charge in [0.05, 0.1) is 0 Å². The summed E-state index contributed by atoms with van der Waals surface area (Å²) < 4.78 is 0. The second-order valence-electron chi connectivity index (χ2n) is 2.36. The minimum Gasteiger partial charge on any atom is -0.0987 e. The van der Waals surface area contributed by atoms with Gasteiger partial charge in [-0.15, -0.1) is 0 Å².